The topological polar surface area (TPSA) is 102 Å². The largest absolute Gasteiger partial charge is 0.497 e. The first-order valence-corrected chi connectivity index (χ1v) is 11.5. The van der Waals surface area contributed by atoms with Gasteiger partial charge in [-0.3, -0.25) is 0 Å². The molecule has 30 heavy (non-hydrogen) atoms. The number of methoxy groups -OCH3 is 2. The van der Waals surface area contributed by atoms with E-state index >= 15 is 0 Å². The van der Waals surface area contributed by atoms with Crippen molar-refractivity contribution in [2.45, 2.75) is 24.8 Å². The number of benzene rings is 2. The fourth-order valence-corrected chi connectivity index (χ4v) is 5.08. The van der Waals surface area contributed by atoms with Crippen LogP contribution < -0.4 is 19.5 Å². The highest BCUT2D eigenvalue weighted by molar-refractivity contribution is 7.89. The first kappa shape index (κ1) is 22.0. The molecule has 0 fully saturated rings. The van der Waals surface area contributed by atoms with Gasteiger partial charge in [-0.25, -0.2) is 13.1 Å². The molecule has 0 spiro atoms. The van der Waals surface area contributed by atoms with Gasteiger partial charge in [0.2, 0.25) is 15.2 Å². The van der Waals surface area contributed by atoms with Crippen molar-refractivity contribution in [1.29, 1.82) is 0 Å². The molecule has 3 rings (SSSR count). The highest BCUT2D eigenvalue weighted by Gasteiger charge is 2.27. The first-order valence-electron chi connectivity index (χ1n) is 9.23. The van der Waals surface area contributed by atoms with Crippen molar-refractivity contribution in [1.82, 2.24) is 14.9 Å². The Morgan fingerprint density at radius 2 is 1.47 bits per heavy atom. The van der Waals surface area contributed by atoms with Gasteiger partial charge in [-0.15, -0.1) is 10.2 Å². The van der Waals surface area contributed by atoms with E-state index in [2.05, 4.69) is 20.2 Å². The van der Waals surface area contributed by atoms with Gasteiger partial charge in [0, 0.05) is 5.69 Å². The minimum atomic E-state index is -3.74. The SMILES string of the molecule is COc1ccc(Nc2nnc(C(NS(=O)(=O)c3ccc(OC)cc3)C(C)C)s2)cc1. The predicted octanol–water partition coefficient (Wildman–Crippen LogP) is 3.97. The number of ether oxygens (including phenoxy) is 2. The van der Waals surface area contributed by atoms with Gasteiger partial charge in [0.05, 0.1) is 25.2 Å². The Morgan fingerprint density at radius 3 is 2.00 bits per heavy atom. The zero-order valence-corrected chi connectivity index (χ0v) is 18.8. The van der Waals surface area contributed by atoms with Gasteiger partial charge < -0.3 is 14.8 Å². The van der Waals surface area contributed by atoms with Crippen LogP contribution in [0.25, 0.3) is 0 Å². The van der Waals surface area contributed by atoms with Crippen LogP contribution in [0.3, 0.4) is 0 Å². The highest BCUT2D eigenvalue weighted by Crippen LogP contribution is 2.30. The van der Waals surface area contributed by atoms with E-state index in [0.29, 0.717) is 15.9 Å². The molecular formula is C20H24N4O4S2. The quantitative estimate of drug-likeness (QED) is 0.510. The third-order valence-electron chi connectivity index (χ3n) is 4.37. The Balaban J connectivity index is 1.77. The normalized spacial score (nSPS) is 12.6. The van der Waals surface area contributed by atoms with Crippen molar-refractivity contribution in [2.24, 2.45) is 5.92 Å². The van der Waals surface area contributed by atoms with Crippen molar-refractivity contribution in [2.75, 3.05) is 19.5 Å². The Bertz CT molecular complexity index is 1060. The second kappa shape index (κ2) is 9.41. The number of sulfonamides is 1. The second-order valence-corrected chi connectivity index (χ2v) is 9.54. The molecule has 1 atom stereocenters. The minimum Gasteiger partial charge on any atom is -0.497 e. The van der Waals surface area contributed by atoms with Crippen molar-refractivity contribution < 1.29 is 17.9 Å². The maximum atomic E-state index is 12.9. The number of anilines is 2. The van der Waals surface area contributed by atoms with E-state index in [1.165, 1.54) is 30.6 Å². The lowest BCUT2D eigenvalue weighted by Crippen LogP contribution is -2.31. The van der Waals surface area contributed by atoms with Crippen LogP contribution >= 0.6 is 11.3 Å². The van der Waals surface area contributed by atoms with E-state index < -0.39 is 16.1 Å². The van der Waals surface area contributed by atoms with Crippen LogP contribution in [0.4, 0.5) is 10.8 Å². The van der Waals surface area contributed by atoms with Gasteiger partial charge >= 0.3 is 0 Å². The maximum absolute atomic E-state index is 12.9. The van der Waals surface area contributed by atoms with Crippen molar-refractivity contribution in [3.63, 3.8) is 0 Å². The summed E-state index contributed by atoms with van der Waals surface area (Å²) >= 11 is 1.30. The molecule has 0 aliphatic heterocycles. The standard InChI is InChI=1S/C20H24N4O4S2/c1-13(2)18(24-30(25,26)17-11-9-16(28-4)10-12-17)19-22-23-20(29-19)21-14-5-7-15(27-3)8-6-14/h5-13,18,24H,1-4H3,(H,21,23). The van der Waals surface area contributed by atoms with Crippen LogP contribution in [0.1, 0.15) is 24.9 Å². The fraction of sp³-hybridized carbons (Fsp3) is 0.300. The van der Waals surface area contributed by atoms with E-state index in [1.54, 1.807) is 19.2 Å². The first-order chi connectivity index (χ1) is 14.3. The Kier molecular flexibility index (Phi) is 6.91. The zero-order chi connectivity index (χ0) is 21.7. The molecule has 0 aliphatic rings. The van der Waals surface area contributed by atoms with Crippen LogP contribution in [-0.2, 0) is 10.0 Å². The smallest absolute Gasteiger partial charge is 0.241 e. The van der Waals surface area contributed by atoms with E-state index in [4.69, 9.17) is 9.47 Å². The summed E-state index contributed by atoms with van der Waals surface area (Å²) in [7, 11) is -0.595. The molecule has 2 N–H and O–H groups in total. The van der Waals surface area contributed by atoms with Crippen LogP contribution in [0.15, 0.2) is 53.4 Å². The molecule has 0 aliphatic carbocycles. The summed E-state index contributed by atoms with van der Waals surface area (Å²) in [6.45, 7) is 3.86. The lowest BCUT2D eigenvalue weighted by molar-refractivity contribution is 0.414. The molecule has 1 aromatic heterocycles. The average Bonchev–Trinajstić information content (AvgIpc) is 3.20. The van der Waals surface area contributed by atoms with Gasteiger partial charge in [0.25, 0.3) is 0 Å². The third kappa shape index (κ3) is 5.26. The number of nitrogens with one attached hydrogen (secondary N) is 2. The Hall–Kier alpha value is -2.69. The lowest BCUT2D eigenvalue weighted by atomic mass is 10.1. The Labute approximate surface area is 180 Å². The number of aromatic nitrogens is 2. The molecule has 3 aromatic rings. The molecule has 1 heterocycles. The van der Waals surface area contributed by atoms with E-state index in [9.17, 15) is 8.42 Å². The third-order valence-corrected chi connectivity index (χ3v) is 6.75. The fourth-order valence-electron chi connectivity index (χ4n) is 2.67. The van der Waals surface area contributed by atoms with E-state index in [-0.39, 0.29) is 10.8 Å². The summed E-state index contributed by atoms with van der Waals surface area (Å²) in [6.07, 6.45) is 0. The molecular weight excluding hydrogens is 424 g/mol. The molecule has 0 saturated carbocycles. The summed E-state index contributed by atoms with van der Waals surface area (Å²) in [6, 6.07) is 13.1. The summed E-state index contributed by atoms with van der Waals surface area (Å²) < 4.78 is 38.7. The number of nitrogens with zero attached hydrogens (tertiary/aromatic N) is 2. The molecule has 160 valence electrons. The van der Waals surface area contributed by atoms with Crippen LogP contribution in [0.2, 0.25) is 0 Å². The van der Waals surface area contributed by atoms with Crippen molar-refractivity contribution in [3.8, 4) is 11.5 Å². The van der Waals surface area contributed by atoms with E-state index in [0.717, 1.165) is 11.4 Å². The number of hydrogen-bond donors (Lipinski definition) is 2. The van der Waals surface area contributed by atoms with Crippen molar-refractivity contribution >= 4 is 32.2 Å². The van der Waals surface area contributed by atoms with Gasteiger partial charge in [0.1, 0.15) is 16.5 Å². The van der Waals surface area contributed by atoms with Crippen LogP contribution in [0.5, 0.6) is 11.5 Å². The molecule has 10 heteroatoms. The molecule has 0 bridgehead atoms. The lowest BCUT2D eigenvalue weighted by Gasteiger charge is -2.19. The van der Waals surface area contributed by atoms with Gasteiger partial charge in [-0.2, -0.15) is 0 Å². The van der Waals surface area contributed by atoms with Gasteiger partial charge in [-0.05, 0) is 54.4 Å². The van der Waals surface area contributed by atoms with Gasteiger partial charge in [-0.1, -0.05) is 25.2 Å². The Morgan fingerprint density at radius 1 is 0.900 bits per heavy atom. The summed E-state index contributed by atoms with van der Waals surface area (Å²) in [5.41, 5.74) is 0.832. The van der Waals surface area contributed by atoms with Gasteiger partial charge in [0.15, 0.2) is 0 Å². The predicted molar refractivity (Wildman–Crippen MR) is 117 cm³/mol. The molecule has 8 nitrogen and oxygen atoms in total. The second-order valence-electron chi connectivity index (χ2n) is 6.82. The maximum Gasteiger partial charge on any atom is 0.241 e. The monoisotopic (exact) mass is 448 g/mol. The number of hydrogen-bond acceptors (Lipinski definition) is 8. The summed E-state index contributed by atoms with van der Waals surface area (Å²) in [5, 5.41) is 12.7. The molecule has 0 saturated heterocycles. The highest BCUT2D eigenvalue weighted by atomic mass is 32.2. The van der Waals surface area contributed by atoms with E-state index in [1.807, 2.05) is 38.1 Å². The number of rotatable bonds is 9. The summed E-state index contributed by atoms with van der Waals surface area (Å²) in [4.78, 5) is 0.162. The van der Waals surface area contributed by atoms with Crippen LogP contribution in [-0.4, -0.2) is 32.8 Å². The molecule has 0 amide bonds. The molecule has 0 radical (unpaired) electrons. The summed E-state index contributed by atoms with van der Waals surface area (Å²) in [5.74, 6) is 1.32. The minimum absolute atomic E-state index is 0.0280. The zero-order valence-electron chi connectivity index (χ0n) is 17.1. The van der Waals surface area contributed by atoms with Crippen LogP contribution in [0, 0.1) is 5.92 Å². The molecule has 2 aromatic carbocycles. The average molecular weight is 449 g/mol. The molecule has 1 unspecified atom stereocenters. The van der Waals surface area contributed by atoms with Crippen molar-refractivity contribution in [3.05, 3.63) is 53.5 Å².